The number of ether oxygens (including phenoxy) is 1. The first-order valence-corrected chi connectivity index (χ1v) is 8.05. The molecule has 1 aromatic carbocycles. The van der Waals surface area contributed by atoms with Crippen molar-refractivity contribution in [2.75, 3.05) is 6.61 Å². The SMILES string of the molecule is CCOC(=O)C(C)(NC(=O)Cc1c(Cl)cccc1Cl)C1CC1. The lowest BCUT2D eigenvalue weighted by Gasteiger charge is -2.28. The third-order valence-electron chi connectivity index (χ3n) is 3.89. The second-order valence-electron chi connectivity index (χ2n) is 5.62. The maximum atomic E-state index is 12.3. The van der Waals surface area contributed by atoms with Crippen molar-refractivity contribution in [3.05, 3.63) is 33.8 Å². The molecule has 0 saturated heterocycles. The third kappa shape index (κ3) is 3.73. The van der Waals surface area contributed by atoms with E-state index in [0.29, 0.717) is 15.6 Å². The van der Waals surface area contributed by atoms with Gasteiger partial charge < -0.3 is 10.1 Å². The number of nitrogens with one attached hydrogen (secondary N) is 1. The van der Waals surface area contributed by atoms with Gasteiger partial charge in [0.05, 0.1) is 13.0 Å². The van der Waals surface area contributed by atoms with E-state index >= 15 is 0 Å². The average Bonchev–Trinajstić information content (AvgIpc) is 3.28. The van der Waals surface area contributed by atoms with Crippen LogP contribution in [0.4, 0.5) is 0 Å². The Labute approximate surface area is 140 Å². The van der Waals surface area contributed by atoms with E-state index < -0.39 is 11.5 Å². The minimum atomic E-state index is -0.985. The highest BCUT2D eigenvalue weighted by Crippen LogP contribution is 2.40. The van der Waals surface area contributed by atoms with Crippen molar-refractivity contribution in [1.29, 1.82) is 0 Å². The second-order valence-corrected chi connectivity index (χ2v) is 6.44. The molecular weight excluding hydrogens is 325 g/mol. The lowest BCUT2D eigenvalue weighted by molar-refractivity contribution is -0.153. The van der Waals surface area contributed by atoms with Crippen LogP contribution in [0.3, 0.4) is 0 Å². The van der Waals surface area contributed by atoms with Crippen LogP contribution in [0.15, 0.2) is 18.2 Å². The van der Waals surface area contributed by atoms with Gasteiger partial charge in [-0.3, -0.25) is 4.79 Å². The van der Waals surface area contributed by atoms with Crippen molar-refractivity contribution in [1.82, 2.24) is 5.32 Å². The van der Waals surface area contributed by atoms with Gasteiger partial charge in [-0.25, -0.2) is 4.79 Å². The molecule has 1 aliphatic rings. The molecule has 1 aromatic rings. The average molecular weight is 344 g/mol. The normalized spacial score (nSPS) is 16.7. The summed E-state index contributed by atoms with van der Waals surface area (Å²) in [7, 11) is 0. The monoisotopic (exact) mass is 343 g/mol. The number of esters is 1. The Morgan fingerprint density at radius 2 is 1.91 bits per heavy atom. The summed E-state index contributed by atoms with van der Waals surface area (Å²) in [5.74, 6) is -0.564. The molecule has 1 fully saturated rings. The molecule has 0 radical (unpaired) electrons. The Bertz CT molecular complexity index is 567. The first kappa shape index (κ1) is 17.1. The zero-order valence-electron chi connectivity index (χ0n) is 12.6. The highest BCUT2D eigenvalue weighted by Gasteiger charge is 2.49. The molecule has 1 atom stereocenters. The minimum absolute atomic E-state index is 0.0280. The molecule has 1 unspecified atom stereocenters. The molecule has 6 heteroatoms. The van der Waals surface area contributed by atoms with E-state index in [-0.39, 0.29) is 24.9 Å². The molecule has 22 heavy (non-hydrogen) atoms. The molecule has 4 nitrogen and oxygen atoms in total. The molecule has 1 saturated carbocycles. The standard InChI is InChI=1S/C16H19Cl2NO3/c1-3-22-15(21)16(2,10-7-8-10)19-14(20)9-11-12(17)5-4-6-13(11)18/h4-6,10H,3,7-9H2,1-2H3,(H,19,20). The number of halogens is 2. The van der Waals surface area contributed by atoms with Gasteiger partial charge >= 0.3 is 5.97 Å². The summed E-state index contributed by atoms with van der Waals surface area (Å²) in [5, 5.41) is 3.69. The van der Waals surface area contributed by atoms with E-state index in [1.807, 2.05) is 0 Å². The molecule has 2 rings (SSSR count). The molecule has 0 aromatic heterocycles. The summed E-state index contributed by atoms with van der Waals surface area (Å²) in [4.78, 5) is 24.5. The zero-order chi connectivity index (χ0) is 16.3. The Kier molecular flexibility index (Phi) is 5.35. The topological polar surface area (TPSA) is 55.4 Å². The van der Waals surface area contributed by atoms with Crippen molar-refractivity contribution in [3.63, 3.8) is 0 Å². The van der Waals surface area contributed by atoms with Crippen LogP contribution in [0.2, 0.25) is 10.0 Å². The van der Waals surface area contributed by atoms with Gasteiger partial charge in [0, 0.05) is 10.0 Å². The smallest absolute Gasteiger partial charge is 0.331 e. The number of amides is 1. The minimum Gasteiger partial charge on any atom is -0.464 e. The van der Waals surface area contributed by atoms with Crippen LogP contribution in [0.1, 0.15) is 32.3 Å². The maximum absolute atomic E-state index is 12.3. The van der Waals surface area contributed by atoms with Crippen LogP contribution >= 0.6 is 23.2 Å². The highest BCUT2D eigenvalue weighted by atomic mass is 35.5. The molecule has 0 spiro atoms. The van der Waals surface area contributed by atoms with Crippen LogP contribution in [0, 0.1) is 5.92 Å². The van der Waals surface area contributed by atoms with Gasteiger partial charge in [0.1, 0.15) is 5.54 Å². The molecule has 1 N–H and O–H groups in total. The number of benzene rings is 1. The largest absolute Gasteiger partial charge is 0.464 e. The Hall–Kier alpha value is -1.26. The fourth-order valence-corrected chi connectivity index (χ4v) is 2.99. The van der Waals surface area contributed by atoms with Crippen LogP contribution in [-0.2, 0) is 20.7 Å². The van der Waals surface area contributed by atoms with Crippen molar-refractivity contribution >= 4 is 35.1 Å². The molecule has 1 amide bonds. The fraction of sp³-hybridized carbons (Fsp3) is 0.500. The van der Waals surface area contributed by atoms with E-state index in [9.17, 15) is 9.59 Å². The van der Waals surface area contributed by atoms with E-state index in [0.717, 1.165) is 12.8 Å². The summed E-state index contributed by atoms with van der Waals surface area (Å²) in [6.07, 6.45) is 1.84. The van der Waals surface area contributed by atoms with E-state index in [2.05, 4.69) is 5.32 Å². The van der Waals surface area contributed by atoms with Gasteiger partial charge in [-0.1, -0.05) is 29.3 Å². The van der Waals surface area contributed by atoms with Gasteiger partial charge in [-0.05, 0) is 50.3 Å². The third-order valence-corrected chi connectivity index (χ3v) is 4.60. The molecular formula is C16H19Cl2NO3. The number of carbonyl (C=O) groups is 2. The van der Waals surface area contributed by atoms with Gasteiger partial charge in [0.25, 0.3) is 0 Å². The predicted molar refractivity (Wildman–Crippen MR) is 86.1 cm³/mol. The van der Waals surface area contributed by atoms with Gasteiger partial charge in [-0.2, -0.15) is 0 Å². The summed E-state index contributed by atoms with van der Waals surface area (Å²) in [5.41, 5.74) is -0.425. The first-order chi connectivity index (χ1) is 10.4. The van der Waals surface area contributed by atoms with E-state index in [1.165, 1.54) is 0 Å². The zero-order valence-corrected chi connectivity index (χ0v) is 14.1. The highest BCUT2D eigenvalue weighted by molar-refractivity contribution is 6.36. The van der Waals surface area contributed by atoms with Gasteiger partial charge in [0.2, 0.25) is 5.91 Å². The Balaban J connectivity index is 2.10. The van der Waals surface area contributed by atoms with E-state index in [4.69, 9.17) is 27.9 Å². The van der Waals surface area contributed by atoms with Crippen LogP contribution in [0.25, 0.3) is 0 Å². The summed E-state index contributed by atoms with van der Waals surface area (Å²) in [6.45, 7) is 3.75. The van der Waals surface area contributed by atoms with Gasteiger partial charge in [-0.15, -0.1) is 0 Å². The summed E-state index contributed by atoms with van der Waals surface area (Å²) < 4.78 is 5.10. The first-order valence-electron chi connectivity index (χ1n) is 7.29. The van der Waals surface area contributed by atoms with Crippen LogP contribution in [0.5, 0.6) is 0 Å². The predicted octanol–water partition coefficient (Wildman–Crippen LogP) is 3.38. The molecule has 120 valence electrons. The van der Waals surface area contributed by atoms with Gasteiger partial charge in [0.15, 0.2) is 0 Å². The molecule has 1 aliphatic carbocycles. The lowest BCUT2D eigenvalue weighted by atomic mass is 9.95. The Morgan fingerprint density at radius 3 is 2.41 bits per heavy atom. The fourth-order valence-electron chi connectivity index (χ4n) is 2.46. The quantitative estimate of drug-likeness (QED) is 0.805. The number of carbonyl (C=O) groups excluding carboxylic acids is 2. The maximum Gasteiger partial charge on any atom is 0.331 e. The van der Waals surface area contributed by atoms with Crippen LogP contribution in [-0.4, -0.2) is 24.0 Å². The van der Waals surface area contributed by atoms with Crippen molar-refractivity contribution in [2.24, 2.45) is 5.92 Å². The van der Waals surface area contributed by atoms with Crippen molar-refractivity contribution in [2.45, 2.75) is 38.6 Å². The molecule has 0 aliphatic heterocycles. The lowest BCUT2D eigenvalue weighted by Crippen LogP contribution is -2.55. The Morgan fingerprint density at radius 1 is 1.32 bits per heavy atom. The second kappa shape index (κ2) is 6.88. The number of rotatable bonds is 6. The van der Waals surface area contributed by atoms with E-state index in [1.54, 1.807) is 32.0 Å². The number of hydrogen-bond donors (Lipinski definition) is 1. The van der Waals surface area contributed by atoms with Crippen LogP contribution < -0.4 is 5.32 Å². The molecule has 0 heterocycles. The number of hydrogen-bond acceptors (Lipinski definition) is 3. The summed E-state index contributed by atoms with van der Waals surface area (Å²) >= 11 is 12.2. The summed E-state index contributed by atoms with van der Waals surface area (Å²) in [6, 6.07) is 5.09. The van der Waals surface area contributed by atoms with Crippen molar-refractivity contribution in [3.8, 4) is 0 Å². The van der Waals surface area contributed by atoms with Crippen molar-refractivity contribution < 1.29 is 14.3 Å². The molecule has 0 bridgehead atoms.